The second kappa shape index (κ2) is 5.60. The second-order valence-corrected chi connectivity index (χ2v) is 3.88. The fraction of sp³-hybridized carbons (Fsp3) is 0.231. The van der Waals surface area contributed by atoms with Crippen LogP contribution in [0.3, 0.4) is 0 Å². The van der Waals surface area contributed by atoms with E-state index in [-0.39, 0.29) is 17.0 Å². The zero-order valence-corrected chi connectivity index (χ0v) is 10.8. The van der Waals surface area contributed by atoms with Gasteiger partial charge in [-0.25, -0.2) is 9.18 Å². The highest BCUT2D eigenvalue weighted by molar-refractivity contribution is 5.86. The van der Waals surface area contributed by atoms with E-state index in [4.69, 9.17) is 19.1 Å². The maximum absolute atomic E-state index is 13.1. The van der Waals surface area contributed by atoms with E-state index < -0.39 is 12.6 Å². The molecule has 2 rings (SSSR count). The van der Waals surface area contributed by atoms with Gasteiger partial charge in [0.1, 0.15) is 6.67 Å². The summed E-state index contributed by atoms with van der Waals surface area (Å²) >= 11 is 0. The SMILES string of the molecule is COc1cc(CF)c(-c2cc(C(=O)O)no2)cc1OC. The van der Waals surface area contributed by atoms with E-state index in [1.807, 2.05) is 0 Å². The maximum atomic E-state index is 13.1. The molecule has 0 unspecified atom stereocenters. The number of carboxylic acids is 1. The predicted molar refractivity (Wildman–Crippen MR) is 66.8 cm³/mol. The lowest BCUT2D eigenvalue weighted by molar-refractivity contribution is 0.0686. The van der Waals surface area contributed by atoms with Gasteiger partial charge in [-0.3, -0.25) is 0 Å². The molecule has 7 heteroatoms. The van der Waals surface area contributed by atoms with Crippen molar-refractivity contribution in [1.29, 1.82) is 0 Å². The Balaban J connectivity index is 2.56. The third-order valence-corrected chi connectivity index (χ3v) is 2.75. The van der Waals surface area contributed by atoms with Crippen LogP contribution in [0.5, 0.6) is 11.5 Å². The molecule has 0 amide bonds. The first-order valence-electron chi connectivity index (χ1n) is 5.62. The monoisotopic (exact) mass is 281 g/mol. The molecule has 0 saturated carbocycles. The van der Waals surface area contributed by atoms with Gasteiger partial charge in [0, 0.05) is 11.6 Å². The van der Waals surface area contributed by atoms with Crippen molar-refractivity contribution in [2.75, 3.05) is 14.2 Å². The highest BCUT2D eigenvalue weighted by atomic mass is 19.1. The van der Waals surface area contributed by atoms with Crippen molar-refractivity contribution in [1.82, 2.24) is 5.16 Å². The van der Waals surface area contributed by atoms with Crippen LogP contribution in [0.2, 0.25) is 0 Å². The number of carbonyl (C=O) groups is 1. The van der Waals surface area contributed by atoms with Crippen molar-refractivity contribution in [2.45, 2.75) is 6.67 Å². The number of aromatic nitrogens is 1. The summed E-state index contributed by atoms with van der Waals surface area (Å²) in [5.41, 5.74) is 0.403. The molecule has 0 aliphatic heterocycles. The highest BCUT2D eigenvalue weighted by Gasteiger charge is 2.18. The van der Waals surface area contributed by atoms with Crippen molar-refractivity contribution in [2.24, 2.45) is 0 Å². The first kappa shape index (κ1) is 13.9. The summed E-state index contributed by atoms with van der Waals surface area (Å²) in [6.45, 7) is -0.765. The van der Waals surface area contributed by atoms with E-state index in [1.165, 1.54) is 32.4 Å². The number of aromatic carboxylic acids is 1. The van der Waals surface area contributed by atoms with Gasteiger partial charge in [0.25, 0.3) is 0 Å². The minimum atomic E-state index is -1.22. The van der Waals surface area contributed by atoms with Gasteiger partial charge in [-0.1, -0.05) is 5.16 Å². The molecule has 20 heavy (non-hydrogen) atoms. The zero-order valence-electron chi connectivity index (χ0n) is 10.8. The van der Waals surface area contributed by atoms with Gasteiger partial charge in [0.15, 0.2) is 23.0 Å². The van der Waals surface area contributed by atoms with Crippen LogP contribution in [0.15, 0.2) is 22.7 Å². The van der Waals surface area contributed by atoms with Crippen LogP contribution in [0.1, 0.15) is 16.1 Å². The Bertz CT molecular complexity index is 638. The lowest BCUT2D eigenvalue weighted by Gasteiger charge is -2.11. The minimum absolute atomic E-state index is 0.149. The van der Waals surface area contributed by atoms with Crippen molar-refractivity contribution >= 4 is 5.97 Å². The van der Waals surface area contributed by atoms with Gasteiger partial charge in [-0.2, -0.15) is 0 Å². The van der Waals surface area contributed by atoms with Gasteiger partial charge >= 0.3 is 5.97 Å². The van der Waals surface area contributed by atoms with Gasteiger partial charge < -0.3 is 19.1 Å². The fourth-order valence-corrected chi connectivity index (χ4v) is 1.76. The largest absolute Gasteiger partial charge is 0.493 e. The molecule has 0 spiro atoms. The number of carboxylic acid groups (broad SMARTS) is 1. The Hall–Kier alpha value is -2.57. The van der Waals surface area contributed by atoms with E-state index >= 15 is 0 Å². The molecule has 0 atom stereocenters. The molecule has 106 valence electrons. The number of alkyl halides is 1. The number of nitrogens with zero attached hydrogens (tertiary/aromatic N) is 1. The van der Waals surface area contributed by atoms with Crippen LogP contribution in [-0.4, -0.2) is 30.5 Å². The first-order chi connectivity index (χ1) is 9.60. The topological polar surface area (TPSA) is 81.8 Å². The summed E-state index contributed by atoms with van der Waals surface area (Å²) in [4.78, 5) is 10.8. The Morgan fingerprint density at radius 1 is 1.30 bits per heavy atom. The molecule has 1 heterocycles. The van der Waals surface area contributed by atoms with Crippen LogP contribution in [0.4, 0.5) is 4.39 Å². The number of hydrogen-bond acceptors (Lipinski definition) is 5. The Kier molecular flexibility index (Phi) is 3.88. The molecule has 0 radical (unpaired) electrons. The Labute approximate surface area is 113 Å². The molecule has 6 nitrogen and oxygen atoms in total. The zero-order chi connectivity index (χ0) is 14.7. The van der Waals surface area contributed by atoms with Crippen LogP contribution in [-0.2, 0) is 6.67 Å². The normalized spacial score (nSPS) is 10.3. The predicted octanol–water partition coefficient (Wildman–Crippen LogP) is 2.53. The van der Waals surface area contributed by atoms with Crippen LogP contribution < -0.4 is 9.47 Å². The summed E-state index contributed by atoms with van der Waals surface area (Å²) in [6, 6.07) is 4.21. The summed E-state index contributed by atoms with van der Waals surface area (Å²) < 4.78 is 28.3. The van der Waals surface area contributed by atoms with Gasteiger partial charge in [0.2, 0.25) is 0 Å². The van der Waals surface area contributed by atoms with E-state index in [0.29, 0.717) is 17.1 Å². The third-order valence-electron chi connectivity index (χ3n) is 2.75. The van der Waals surface area contributed by atoms with Crippen molar-refractivity contribution < 1.29 is 28.3 Å². The molecule has 1 aromatic carbocycles. The van der Waals surface area contributed by atoms with Gasteiger partial charge in [-0.05, 0) is 17.7 Å². The van der Waals surface area contributed by atoms with Crippen LogP contribution in [0, 0.1) is 0 Å². The van der Waals surface area contributed by atoms with Crippen molar-refractivity contribution in [3.05, 3.63) is 29.5 Å². The molecule has 0 aliphatic rings. The highest BCUT2D eigenvalue weighted by Crippen LogP contribution is 2.36. The Morgan fingerprint density at radius 3 is 2.45 bits per heavy atom. The van der Waals surface area contributed by atoms with E-state index in [9.17, 15) is 9.18 Å². The second-order valence-electron chi connectivity index (χ2n) is 3.88. The molecule has 2 aromatic rings. The van der Waals surface area contributed by atoms with Gasteiger partial charge in [-0.15, -0.1) is 0 Å². The first-order valence-corrected chi connectivity index (χ1v) is 5.62. The average Bonchev–Trinajstić information content (AvgIpc) is 2.95. The molecule has 1 N–H and O–H groups in total. The third kappa shape index (κ3) is 2.42. The summed E-state index contributed by atoms with van der Waals surface area (Å²) in [5.74, 6) is -0.312. The quantitative estimate of drug-likeness (QED) is 0.906. The number of hydrogen-bond donors (Lipinski definition) is 1. The molecule has 1 aromatic heterocycles. The van der Waals surface area contributed by atoms with E-state index in [2.05, 4.69) is 5.16 Å². The molecular weight excluding hydrogens is 269 g/mol. The summed E-state index contributed by atoms with van der Waals surface area (Å²) in [7, 11) is 2.89. The van der Waals surface area contributed by atoms with Gasteiger partial charge in [0.05, 0.1) is 14.2 Å². The molecule has 0 saturated heterocycles. The number of rotatable bonds is 5. The maximum Gasteiger partial charge on any atom is 0.358 e. The molecule has 0 bridgehead atoms. The van der Waals surface area contributed by atoms with Crippen LogP contribution in [0.25, 0.3) is 11.3 Å². The lowest BCUT2D eigenvalue weighted by Crippen LogP contribution is -1.95. The standard InChI is InChI=1S/C13H12FNO5/c1-18-11-3-7(6-14)8(4-12(11)19-2)10-5-9(13(16)17)15-20-10/h3-5H,6H2,1-2H3,(H,16,17). The smallest absolute Gasteiger partial charge is 0.358 e. The van der Waals surface area contributed by atoms with Crippen LogP contribution >= 0.6 is 0 Å². The lowest BCUT2D eigenvalue weighted by atomic mass is 10.0. The Morgan fingerprint density at radius 2 is 1.95 bits per heavy atom. The minimum Gasteiger partial charge on any atom is -0.493 e. The molecule has 0 fully saturated rings. The summed E-state index contributed by atoms with van der Waals surface area (Å²) in [5, 5.41) is 12.2. The fourth-order valence-electron chi connectivity index (χ4n) is 1.76. The molecule has 0 aliphatic carbocycles. The van der Waals surface area contributed by atoms with E-state index in [1.54, 1.807) is 0 Å². The molecular formula is C13H12FNO5. The van der Waals surface area contributed by atoms with E-state index in [0.717, 1.165) is 0 Å². The number of methoxy groups -OCH3 is 2. The van der Waals surface area contributed by atoms with Crippen molar-refractivity contribution in [3.8, 4) is 22.8 Å². The number of benzene rings is 1. The number of ether oxygens (including phenoxy) is 2. The number of halogens is 1. The average molecular weight is 281 g/mol. The van der Waals surface area contributed by atoms with Crippen molar-refractivity contribution in [3.63, 3.8) is 0 Å². The summed E-state index contributed by atoms with van der Waals surface area (Å²) in [6.07, 6.45) is 0.